The van der Waals surface area contributed by atoms with Crippen LogP contribution in [0.5, 0.6) is 11.5 Å². The van der Waals surface area contributed by atoms with E-state index in [9.17, 15) is 4.79 Å². The van der Waals surface area contributed by atoms with Crippen LogP contribution in [0.1, 0.15) is 32.7 Å². The second-order valence-corrected chi connectivity index (χ2v) is 8.37. The zero-order valence-corrected chi connectivity index (χ0v) is 18.0. The summed E-state index contributed by atoms with van der Waals surface area (Å²) in [5.41, 5.74) is 4.27. The molecule has 150 valence electrons. The molecule has 5 rings (SSSR count). The Hall–Kier alpha value is -2.96. The number of pyridine rings is 1. The van der Waals surface area contributed by atoms with E-state index in [4.69, 9.17) is 9.47 Å². The Morgan fingerprint density at radius 3 is 2.90 bits per heavy atom. The largest absolute Gasteiger partial charge is 0.478 e. The molecule has 3 heterocycles. The van der Waals surface area contributed by atoms with Crippen LogP contribution in [0.15, 0.2) is 65.0 Å². The maximum atomic E-state index is 13.1. The van der Waals surface area contributed by atoms with E-state index in [1.807, 2.05) is 55.5 Å². The number of hydrogen-bond acceptors (Lipinski definition) is 5. The molecule has 6 heteroatoms. The number of fused-ring (bicyclic) bond motifs is 3. The first-order valence-corrected chi connectivity index (χ1v) is 10.5. The number of rotatable bonds is 3. The van der Waals surface area contributed by atoms with Crippen molar-refractivity contribution in [2.24, 2.45) is 0 Å². The summed E-state index contributed by atoms with van der Waals surface area (Å²) in [6.07, 6.45) is 3.57. The minimum atomic E-state index is -0.0906. The first-order chi connectivity index (χ1) is 14.6. The Morgan fingerprint density at radius 1 is 1.20 bits per heavy atom. The number of ketones is 1. The lowest BCUT2D eigenvalue weighted by molar-refractivity contribution is 0.0861. The molecule has 0 unspecified atom stereocenters. The molecule has 30 heavy (non-hydrogen) atoms. The summed E-state index contributed by atoms with van der Waals surface area (Å²) < 4.78 is 13.1. The first-order valence-electron chi connectivity index (χ1n) is 9.70. The molecule has 0 N–H and O–H groups in total. The third-order valence-electron chi connectivity index (χ3n) is 5.25. The topological polar surface area (TPSA) is 51.7 Å². The number of ether oxygens (including phenoxy) is 2. The molecule has 0 bridgehead atoms. The molecule has 0 spiro atoms. The lowest BCUT2D eigenvalue weighted by Crippen LogP contribution is -2.32. The van der Waals surface area contributed by atoms with Crippen LogP contribution in [0, 0.1) is 6.92 Å². The number of aryl methyl sites for hydroxylation is 1. The number of allylic oxidation sites excluding steroid dienone is 1. The number of carbonyl (C=O) groups excluding carboxylic acids is 1. The normalized spacial score (nSPS) is 16.7. The average molecular weight is 463 g/mol. The number of benzene rings is 2. The van der Waals surface area contributed by atoms with Gasteiger partial charge in [-0.2, -0.15) is 0 Å². The number of carbonyl (C=O) groups is 1. The fourth-order valence-electron chi connectivity index (χ4n) is 3.85. The average Bonchev–Trinajstić information content (AvgIpc) is 3.06. The molecule has 0 saturated carbocycles. The summed E-state index contributed by atoms with van der Waals surface area (Å²) in [4.78, 5) is 19.6. The van der Waals surface area contributed by atoms with E-state index in [-0.39, 0.29) is 5.78 Å². The van der Waals surface area contributed by atoms with E-state index >= 15 is 0 Å². The van der Waals surface area contributed by atoms with Gasteiger partial charge in [-0.1, -0.05) is 34.1 Å². The van der Waals surface area contributed by atoms with Gasteiger partial charge in [0, 0.05) is 23.8 Å². The summed E-state index contributed by atoms with van der Waals surface area (Å²) in [5.74, 6) is 1.63. The van der Waals surface area contributed by atoms with Gasteiger partial charge < -0.3 is 9.47 Å². The van der Waals surface area contributed by atoms with Crippen LogP contribution in [-0.2, 0) is 13.1 Å². The third kappa shape index (κ3) is 3.53. The molecular formula is C24H19BrN2O3. The maximum Gasteiger partial charge on any atom is 0.232 e. The Kier molecular flexibility index (Phi) is 4.89. The molecular weight excluding hydrogens is 444 g/mol. The van der Waals surface area contributed by atoms with Gasteiger partial charge in [0.15, 0.2) is 5.76 Å². The fourth-order valence-corrected chi connectivity index (χ4v) is 4.26. The molecule has 0 saturated heterocycles. The minimum absolute atomic E-state index is 0.0906. The van der Waals surface area contributed by atoms with Crippen molar-refractivity contribution in [3.8, 4) is 11.5 Å². The number of nitrogens with zero attached hydrogens (tertiary/aromatic N) is 2. The third-order valence-corrected chi connectivity index (χ3v) is 5.74. The molecule has 3 aromatic rings. The predicted octanol–water partition coefficient (Wildman–Crippen LogP) is 5.12. The molecule has 0 radical (unpaired) electrons. The Balaban J connectivity index is 1.48. The fraction of sp³-hybridized carbons (Fsp3) is 0.167. The summed E-state index contributed by atoms with van der Waals surface area (Å²) in [5, 5.41) is 0. The van der Waals surface area contributed by atoms with Crippen molar-refractivity contribution in [1.82, 2.24) is 9.88 Å². The molecule has 1 aromatic heterocycles. The molecule has 0 atom stereocenters. The van der Waals surface area contributed by atoms with Crippen molar-refractivity contribution in [3.63, 3.8) is 0 Å². The summed E-state index contributed by atoms with van der Waals surface area (Å²) >= 11 is 3.47. The van der Waals surface area contributed by atoms with Gasteiger partial charge in [0.1, 0.15) is 18.2 Å². The van der Waals surface area contributed by atoms with E-state index in [1.165, 1.54) is 0 Å². The summed E-state index contributed by atoms with van der Waals surface area (Å²) in [6.45, 7) is 3.69. The maximum absolute atomic E-state index is 13.1. The van der Waals surface area contributed by atoms with Crippen LogP contribution in [0.2, 0.25) is 0 Å². The van der Waals surface area contributed by atoms with E-state index in [1.54, 1.807) is 12.3 Å². The quantitative estimate of drug-likeness (QED) is 0.505. The van der Waals surface area contributed by atoms with Crippen molar-refractivity contribution in [2.75, 3.05) is 6.73 Å². The van der Waals surface area contributed by atoms with E-state index in [0.717, 1.165) is 32.6 Å². The van der Waals surface area contributed by atoms with E-state index in [2.05, 4.69) is 25.8 Å². The number of aromatic nitrogens is 1. The van der Waals surface area contributed by atoms with Crippen molar-refractivity contribution in [3.05, 3.63) is 92.9 Å². The molecule has 5 nitrogen and oxygen atoms in total. The molecule has 0 aliphatic carbocycles. The van der Waals surface area contributed by atoms with Gasteiger partial charge in [-0.05, 0) is 54.5 Å². The van der Waals surface area contributed by atoms with Crippen LogP contribution in [-0.4, -0.2) is 22.4 Å². The van der Waals surface area contributed by atoms with Gasteiger partial charge in [-0.3, -0.25) is 14.7 Å². The zero-order chi connectivity index (χ0) is 20.7. The standard InChI is InChI=1S/C24H19BrN2O3/c1-15-9-20-19(13-27(14-29-20)12-18-7-2-3-8-26-18)24-22(15)23(28)21(30-24)11-16-5-4-6-17(25)10-16/h2-11H,12-14H2,1H3/b21-11-. The minimum Gasteiger partial charge on any atom is -0.478 e. The SMILES string of the molecule is Cc1cc2c(c3c1C(=O)/C(=C/c1cccc(Br)c1)O3)CN(Cc1ccccn1)CO2. The van der Waals surface area contributed by atoms with Gasteiger partial charge in [-0.15, -0.1) is 0 Å². The first kappa shape index (κ1) is 19.0. The smallest absolute Gasteiger partial charge is 0.232 e. The van der Waals surface area contributed by atoms with Gasteiger partial charge in [-0.25, -0.2) is 0 Å². The van der Waals surface area contributed by atoms with Crippen molar-refractivity contribution in [1.29, 1.82) is 0 Å². The molecule has 2 aliphatic rings. The second kappa shape index (κ2) is 7.70. The lowest BCUT2D eigenvalue weighted by Gasteiger charge is -2.29. The summed E-state index contributed by atoms with van der Waals surface area (Å²) in [7, 11) is 0. The van der Waals surface area contributed by atoms with Crippen molar-refractivity contribution >= 4 is 27.8 Å². The summed E-state index contributed by atoms with van der Waals surface area (Å²) in [6, 6.07) is 15.6. The zero-order valence-electron chi connectivity index (χ0n) is 16.4. The molecule has 2 aliphatic heterocycles. The Morgan fingerprint density at radius 2 is 2.10 bits per heavy atom. The van der Waals surface area contributed by atoms with Crippen molar-refractivity contribution in [2.45, 2.75) is 20.0 Å². The Bertz CT molecular complexity index is 1170. The van der Waals surface area contributed by atoms with Gasteiger partial charge >= 0.3 is 0 Å². The number of halogens is 1. The van der Waals surface area contributed by atoms with Crippen LogP contribution < -0.4 is 9.47 Å². The highest BCUT2D eigenvalue weighted by Crippen LogP contribution is 2.44. The van der Waals surface area contributed by atoms with Gasteiger partial charge in [0.25, 0.3) is 0 Å². The van der Waals surface area contributed by atoms with Crippen molar-refractivity contribution < 1.29 is 14.3 Å². The lowest BCUT2D eigenvalue weighted by atomic mass is 9.98. The van der Waals surface area contributed by atoms with E-state index < -0.39 is 0 Å². The predicted molar refractivity (Wildman–Crippen MR) is 117 cm³/mol. The second-order valence-electron chi connectivity index (χ2n) is 7.45. The van der Waals surface area contributed by atoms with Crippen LogP contribution in [0.4, 0.5) is 0 Å². The monoisotopic (exact) mass is 462 g/mol. The van der Waals surface area contributed by atoms with Crippen LogP contribution in [0.25, 0.3) is 6.08 Å². The highest BCUT2D eigenvalue weighted by Gasteiger charge is 2.35. The van der Waals surface area contributed by atoms with Gasteiger partial charge in [0.05, 0.1) is 16.8 Å². The van der Waals surface area contributed by atoms with Gasteiger partial charge in [0.2, 0.25) is 5.78 Å². The Labute approximate surface area is 183 Å². The van der Waals surface area contributed by atoms with E-state index in [0.29, 0.717) is 36.9 Å². The highest BCUT2D eigenvalue weighted by molar-refractivity contribution is 9.10. The molecule has 0 amide bonds. The number of Topliss-reactive ketones (excluding diaryl/α,β-unsaturated/α-hetero) is 1. The van der Waals surface area contributed by atoms with Crippen LogP contribution in [0.3, 0.4) is 0 Å². The molecule has 2 aromatic carbocycles. The molecule has 0 fully saturated rings. The number of hydrogen-bond donors (Lipinski definition) is 0. The highest BCUT2D eigenvalue weighted by atomic mass is 79.9. The van der Waals surface area contributed by atoms with Crippen LogP contribution >= 0.6 is 15.9 Å².